The molecule has 1 saturated heterocycles. The van der Waals surface area contributed by atoms with Gasteiger partial charge in [0, 0.05) is 22.9 Å². The topological polar surface area (TPSA) is 53.6 Å². The molecule has 1 heterocycles. The van der Waals surface area contributed by atoms with Crippen LogP contribution in [0.4, 0.5) is 5.69 Å². The second-order valence-corrected chi connectivity index (χ2v) is 6.66. The molecular formula is C15H21N3O2S. The molecule has 114 valence electrons. The van der Waals surface area contributed by atoms with Crippen molar-refractivity contribution in [3.8, 4) is 0 Å². The lowest BCUT2D eigenvalue weighted by Crippen LogP contribution is -2.57. The molecule has 2 aliphatic rings. The van der Waals surface area contributed by atoms with Gasteiger partial charge in [-0.1, -0.05) is 29.3 Å². The highest BCUT2D eigenvalue weighted by Gasteiger charge is 2.54. The lowest BCUT2D eigenvalue weighted by atomic mass is 10.1. The van der Waals surface area contributed by atoms with Gasteiger partial charge < -0.3 is 5.32 Å². The van der Waals surface area contributed by atoms with Gasteiger partial charge in [-0.3, -0.25) is 9.63 Å². The highest BCUT2D eigenvalue weighted by atomic mass is 32.2. The van der Waals surface area contributed by atoms with Gasteiger partial charge in [0.25, 0.3) is 0 Å². The fourth-order valence-electron chi connectivity index (χ4n) is 2.64. The molecule has 0 spiro atoms. The Balaban J connectivity index is 1.85. The molecule has 1 atom stereocenters. The summed E-state index contributed by atoms with van der Waals surface area (Å²) >= 11 is 1.65. The van der Waals surface area contributed by atoms with Crippen molar-refractivity contribution in [1.29, 1.82) is 0 Å². The van der Waals surface area contributed by atoms with E-state index in [2.05, 4.69) is 10.1 Å². The van der Waals surface area contributed by atoms with Gasteiger partial charge in [0.2, 0.25) is 0 Å². The first-order valence-corrected chi connectivity index (χ1v) is 8.30. The quantitative estimate of drug-likeness (QED) is 0.622. The van der Waals surface area contributed by atoms with E-state index in [4.69, 9.17) is 4.84 Å². The summed E-state index contributed by atoms with van der Waals surface area (Å²) in [7, 11) is 0. The van der Waals surface area contributed by atoms with Gasteiger partial charge in [-0.15, -0.1) is 0 Å². The number of anilines is 1. The molecule has 0 amide bonds. The summed E-state index contributed by atoms with van der Waals surface area (Å²) in [5, 5.41) is 5.47. The number of benzene rings is 1. The fourth-order valence-corrected chi connectivity index (χ4v) is 3.67. The first-order valence-electron chi connectivity index (χ1n) is 7.32. The lowest BCUT2D eigenvalue weighted by molar-refractivity contribution is -0.247. The summed E-state index contributed by atoms with van der Waals surface area (Å²) in [4.78, 5) is 20.1. The molecule has 1 aliphatic carbocycles. The van der Waals surface area contributed by atoms with Crippen molar-refractivity contribution in [2.75, 3.05) is 11.1 Å². The standard InChI is InChI=1S/C15H21N3O2S/c1-11(2)20-18-15(10-21-17-18,13-6-7-13)16-14-5-3-4-12(8-14)9-19/h3-5,8-9,11,13,16-17H,6-7,10H2,1-2H3. The maximum Gasteiger partial charge on any atom is 0.150 e. The van der Waals surface area contributed by atoms with Gasteiger partial charge >= 0.3 is 0 Å². The maximum absolute atomic E-state index is 11.0. The molecule has 1 saturated carbocycles. The minimum Gasteiger partial charge on any atom is -0.363 e. The Kier molecular flexibility index (Phi) is 4.21. The maximum atomic E-state index is 11.0. The number of nitrogens with zero attached hydrogens (tertiary/aromatic N) is 1. The van der Waals surface area contributed by atoms with Crippen molar-refractivity contribution in [3.63, 3.8) is 0 Å². The average molecular weight is 307 g/mol. The molecule has 1 aromatic carbocycles. The second-order valence-electron chi connectivity index (χ2n) is 5.90. The Morgan fingerprint density at radius 3 is 3.00 bits per heavy atom. The fraction of sp³-hybridized carbons (Fsp3) is 0.533. The molecule has 0 aromatic heterocycles. The molecule has 1 aliphatic heterocycles. The predicted octanol–water partition coefficient (Wildman–Crippen LogP) is 2.83. The molecule has 2 fully saturated rings. The van der Waals surface area contributed by atoms with Gasteiger partial charge in [0.05, 0.1) is 6.10 Å². The number of hydroxylamine groups is 1. The first-order chi connectivity index (χ1) is 10.1. The number of hydrazine groups is 1. The van der Waals surface area contributed by atoms with Crippen LogP contribution in [0, 0.1) is 5.92 Å². The third-order valence-corrected chi connectivity index (χ3v) is 4.63. The summed E-state index contributed by atoms with van der Waals surface area (Å²) in [6.45, 7) is 4.05. The number of hydrogen-bond donors (Lipinski definition) is 2. The zero-order valence-electron chi connectivity index (χ0n) is 12.3. The van der Waals surface area contributed by atoms with Crippen molar-refractivity contribution >= 4 is 23.9 Å². The number of carbonyl (C=O) groups excluding carboxylic acids is 1. The van der Waals surface area contributed by atoms with E-state index < -0.39 is 0 Å². The Morgan fingerprint density at radius 1 is 1.52 bits per heavy atom. The number of rotatable bonds is 6. The van der Waals surface area contributed by atoms with E-state index in [0.29, 0.717) is 11.5 Å². The number of nitrogens with one attached hydrogen (secondary N) is 2. The van der Waals surface area contributed by atoms with E-state index in [9.17, 15) is 4.79 Å². The summed E-state index contributed by atoms with van der Waals surface area (Å²) in [5.74, 6) is 1.45. The number of aldehydes is 1. The van der Waals surface area contributed by atoms with E-state index in [0.717, 1.165) is 17.7 Å². The van der Waals surface area contributed by atoms with Gasteiger partial charge in [-0.05, 0) is 38.8 Å². The number of carbonyl (C=O) groups is 1. The van der Waals surface area contributed by atoms with Crippen molar-refractivity contribution in [3.05, 3.63) is 29.8 Å². The third kappa shape index (κ3) is 3.08. The molecule has 0 bridgehead atoms. The van der Waals surface area contributed by atoms with Crippen molar-refractivity contribution in [1.82, 2.24) is 10.0 Å². The van der Waals surface area contributed by atoms with Crippen LogP contribution in [0.25, 0.3) is 0 Å². The first kappa shape index (κ1) is 14.8. The van der Waals surface area contributed by atoms with Gasteiger partial charge in [-0.2, -0.15) is 4.83 Å². The number of hydrogen-bond acceptors (Lipinski definition) is 6. The summed E-state index contributed by atoms with van der Waals surface area (Å²) < 4.78 is 0. The summed E-state index contributed by atoms with van der Waals surface area (Å²) in [5.41, 5.74) is 1.38. The van der Waals surface area contributed by atoms with Crippen molar-refractivity contribution in [2.45, 2.75) is 38.5 Å². The minimum atomic E-state index is -0.254. The van der Waals surface area contributed by atoms with Crippen LogP contribution in [0.5, 0.6) is 0 Å². The molecule has 21 heavy (non-hydrogen) atoms. The average Bonchev–Trinajstić information content (AvgIpc) is 3.25. The monoisotopic (exact) mass is 307 g/mol. The van der Waals surface area contributed by atoms with Crippen molar-refractivity contribution in [2.24, 2.45) is 5.92 Å². The van der Waals surface area contributed by atoms with Crippen LogP contribution in [0.15, 0.2) is 24.3 Å². The summed E-state index contributed by atoms with van der Waals surface area (Å²) in [6.07, 6.45) is 3.37. The van der Waals surface area contributed by atoms with Crippen LogP contribution in [0.2, 0.25) is 0 Å². The van der Waals surface area contributed by atoms with E-state index >= 15 is 0 Å². The van der Waals surface area contributed by atoms with Crippen LogP contribution in [-0.2, 0) is 4.84 Å². The molecule has 1 aromatic rings. The molecular weight excluding hydrogens is 286 g/mol. The third-order valence-electron chi connectivity index (χ3n) is 3.75. The van der Waals surface area contributed by atoms with Gasteiger partial charge in [-0.25, -0.2) is 0 Å². The molecule has 2 N–H and O–H groups in total. The van der Waals surface area contributed by atoms with Crippen LogP contribution in [0.3, 0.4) is 0 Å². The zero-order chi connectivity index (χ0) is 14.9. The van der Waals surface area contributed by atoms with E-state index in [1.165, 1.54) is 12.8 Å². The molecule has 0 radical (unpaired) electrons. The summed E-state index contributed by atoms with van der Waals surface area (Å²) in [6, 6.07) is 7.59. The molecule has 3 rings (SSSR count). The normalized spacial score (nSPS) is 26.2. The van der Waals surface area contributed by atoms with Crippen LogP contribution < -0.4 is 10.1 Å². The van der Waals surface area contributed by atoms with E-state index in [1.54, 1.807) is 11.9 Å². The Hall–Kier alpha value is -1.08. The minimum absolute atomic E-state index is 0.109. The van der Waals surface area contributed by atoms with Crippen LogP contribution >= 0.6 is 11.9 Å². The highest BCUT2D eigenvalue weighted by Crippen LogP contribution is 2.47. The van der Waals surface area contributed by atoms with Crippen LogP contribution in [0.1, 0.15) is 37.0 Å². The smallest absolute Gasteiger partial charge is 0.150 e. The van der Waals surface area contributed by atoms with E-state index in [-0.39, 0.29) is 11.8 Å². The lowest BCUT2D eigenvalue weighted by Gasteiger charge is -2.38. The van der Waals surface area contributed by atoms with Crippen molar-refractivity contribution < 1.29 is 9.63 Å². The Labute approximate surface area is 129 Å². The van der Waals surface area contributed by atoms with E-state index in [1.807, 2.05) is 43.3 Å². The van der Waals surface area contributed by atoms with Gasteiger partial charge in [0.15, 0.2) is 0 Å². The highest BCUT2D eigenvalue weighted by molar-refractivity contribution is 7.97. The SMILES string of the molecule is CC(C)ON1NSCC1(Nc1cccc(C=O)c1)C1CC1. The van der Waals surface area contributed by atoms with Gasteiger partial charge in [0.1, 0.15) is 11.9 Å². The Bertz CT molecular complexity index is 521. The molecule has 5 nitrogen and oxygen atoms in total. The zero-order valence-corrected chi connectivity index (χ0v) is 13.2. The van der Waals surface area contributed by atoms with Crippen LogP contribution in [-0.4, -0.2) is 29.0 Å². The molecule has 6 heteroatoms. The largest absolute Gasteiger partial charge is 0.363 e. The Morgan fingerprint density at radius 2 is 2.33 bits per heavy atom. The predicted molar refractivity (Wildman–Crippen MR) is 84.6 cm³/mol. The second kappa shape index (κ2) is 5.96. The molecule has 1 unspecified atom stereocenters.